The van der Waals surface area contributed by atoms with Gasteiger partial charge in [0, 0.05) is 6.54 Å². The number of phenolic OH excluding ortho intramolecular Hbond substituents is 1. The molecule has 0 aliphatic heterocycles. The van der Waals surface area contributed by atoms with Crippen molar-refractivity contribution in [2.45, 2.75) is 13.5 Å². The van der Waals surface area contributed by atoms with Crippen molar-refractivity contribution in [2.24, 2.45) is 0 Å². The summed E-state index contributed by atoms with van der Waals surface area (Å²) < 4.78 is 5.04. The van der Waals surface area contributed by atoms with Crippen LogP contribution in [0.4, 0.5) is 0 Å². The molecule has 5 heteroatoms. The average molecular weight is 277 g/mol. The normalized spacial score (nSPS) is 10.2. The van der Waals surface area contributed by atoms with E-state index in [0.717, 1.165) is 11.1 Å². The number of carbonyl (C=O) groups excluding carboxylic acids is 1. The highest BCUT2D eigenvalue weighted by Crippen LogP contribution is 2.23. The van der Waals surface area contributed by atoms with E-state index in [4.69, 9.17) is 4.74 Å². The molecule has 19 heavy (non-hydrogen) atoms. The first-order valence-corrected chi connectivity index (χ1v) is 6.73. The molecule has 0 radical (unpaired) electrons. The summed E-state index contributed by atoms with van der Waals surface area (Å²) in [5.41, 5.74) is 2.45. The first-order valence-electron chi connectivity index (χ1n) is 5.78. The number of hydrogen-bond donors (Lipinski definition) is 2. The Kier molecular flexibility index (Phi) is 4.06. The monoisotopic (exact) mass is 277 g/mol. The lowest BCUT2D eigenvalue weighted by atomic mass is 10.1. The fraction of sp³-hybridized carbons (Fsp3) is 0.214. The molecule has 2 N–H and O–H groups in total. The number of ether oxygens (including phenoxy) is 1. The minimum absolute atomic E-state index is 0.0552. The molecular weight excluding hydrogens is 262 g/mol. The van der Waals surface area contributed by atoms with E-state index in [-0.39, 0.29) is 17.2 Å². The summed E-state index contributed by atoms with van der Waals surface area (Å²) in [6, 6.07) is 4.57. The van der Waals surface area contributed by atoms with Crippen molar-refractivity contribution in [3.05, 3.63) is 45.6 Å². The van der Waals surface area contributed by atoms with Crippen molar-refractivity contribution < 1.29 is 14.6 Å². The second kappa shape index (κ2) is 5.75. The van der Waals surface area contributed by atoms with E-state index in [0.29, 0.717) is 12.3 Å². The number of rotatable bonds is 4. The number of aryl methyl sites for hydroxylation is 1. The van der Waals surface area contributed by atoms with Gasteiger partial charge in [0.15, 0.2) is 0 Å². The molecule has 0 saturated carbocycles. The van der Waals surface area contributed by atoms with Crippen LogP contribution in [0.1, 0.15) is 21.5 Å². The summed E-state index contributed by atoms with van der Waals surface area (Å²) in [6.07, 6.45) is 0. The van der Waals surface area contributed by atoms with E-state index < -0.39 is 0 Å². The fourth-order valence-electron chi connectivity index (χ4n) is 1.66. The van der Waals surface area contributed by atoms with Gasteiger partial charge in [-0.3, -0.25) is 4.79 Å². The van der Waals surface area contributed by atoms with Crippen LogP contribution in [0.5, 0.6) is 11.5 Å². The molecule has 0 saturated heterocycles. The summed E-state index contributed by atoms with van der Waals surface area (Å²) in [5.74, 6) is 0.164. The third-order valence-electron chi connectivity index (χ3n) is 2.85. The number of nitrogens with one attached hydrogen (secondary N) is 1. The molecule has 2 aromatic rings. The Hall–Kier alpha value is -2.01. The van der Waals surface area contributed by atoms with E-state index in [1.165, 1.54) is 19.2 Å². The molecule has 0 unspecified atom stereocenters. The van der Waals surface area contributed by atoms with Crippen LogP contribution in [0.25, 0.3) is 0 Å². The third-order valence-corrected chi connectivity index (χ3v) is 3.76. The van der Waals surface area contributed by atoms with Gasteiger partial charge < -0.3 is 15.2 Å². The van der Waals surface area contributed by atoms with Crippen LogP contribution in [-0.2, 0) is 6.54 Å². The Morgan fingerprint density at radius 3 is 2.84 bits per heavy atom. The summed E-state index contributed by atoms with van der Waals surface area (Å²) >= 11 is 1.60. The Balaban J connectivity index is 2.10. The minimum atomic E-state index is -0.318. The molecule has 0 aliphatic rings. The second-order valence-electron chi connectivity index (χ2n) is 4.15. The van der Waals surface area contributed by atoms with E-state index >= 15 is 0 Å². The van der Waals surface area contributed by atoms with Gasteiger partial charge >= 0.3 is 0 Å². The molecule has 1 amide bonds. The zero-order valence-corrected chi connectivity index (χ0v) is 11.6. The third kappa shape index (κ3) is 3.06. The van der Waals surface area contributed by atoms with Crippen LogP contribution in [-0.4, -0.2) is 18.1 Å². The Labute approximate surface area is 115 Å². The second-order valence-corrected chi connectivity index (χ2v) is 4.89. The largest absolute Gasteiger partial charge is 0.507 e. The number of amides is 1. The molecule has 2 rings (SSSR count). The summed E-state index contributed by atoms with van der Waals surface area (Å²) in [7, 11) is 1.52. The van der Waals surface area contributed by atoms with Crippen molar-refractivity contribution in [3.8, 4) is 11.5 Å². The zero-order chi connectivity index (χ0) is 13.8. The van der Waals surface area contributed by atoms with E-state index in [1.807, 2.05) is 17.7 Å². The van der Waals surface area contributed by atoms with Gasteiger partial charge in [-0.25, -0.2) is 0 Å². The van der Waals surface area contributed by atoms with Crippen molar-refractivity contribution in [2.75, 3.05) is 7.11 Å². The number of thiophene rings is 1. The smallest absolute Gasteiger partial charge is 0.255 e. The van der Waals surface area contributed by atoms with Gasteiger partial charge in [0.2, 0.25) is 0 Å². The molecule has 0 aliphatic carbocycles. The van der Waals surface area contributed by atoms with E-state index in [9.17, 15) is 9.90 Å². The number of benzene rings is 1. The number of methoxy groups -OCH3 is 1. The van der Waals surface area contributed by atoms with Gasteiger partial charge in [-0.2, -0.15) is 11.3 Å². The summed E-state index contributed by atoms with van der Waals surface area (Å²) in [4.78, 5) is 12.0. The lowest BCUT2D eigenvalue weighted by molar-refractivity contribution is 0.0948. The summed E-state index contributed by atoms with van der Waals surface area (Å²) in [5, 5.41) is 16.5. The quantitative estimate of drug-likeness (QED) is 0.903. The topological polar surface area (TPSA) is 58.6 Å². The molecule has 1 aromatic heterocycles. The highest BCUT2D eigenvalue weighted by Gasteiger charge is 2.12. The maximum Gasteiger partial charge on any atom is 0.255 e. The van der Waals surface area contributed by atoms with Crippen LogP contribution >= 0.6 is 11.3 Å². The van der Waals surface area contributed by atoms with Gasteiger partial charge in [0.05, 0.1) is 12.7 Å². The van der Waals surface area contributed by atoms with Crippen LogP contribution in [0.2, 0.25) is 0 Å². The molecule has 0 fully saturated rings. The predicted molar refractivity (Wildman–Crippen MR) is 74.9 cm³/mol. The predicted octanol–water partition coefficient (Wildman–Crippen LogP) is 2.70. The van der Waals surface area contributed by atoms with Crippen molar-refractivity contribution in [1.82, 2.24) is 5.32 Å². The highest BCUT2D eigenvalue weighted by molar-refractivity contribution is 7.08. The lowest BCUT2D eigenvalue weighted by Crippen LogP contribution is -2.23. The molecule has 0 spiro atoms. The minimum Gasteiger partial charge on any atom is -0.507 e. The Bertz CT molecular complexity index is 592. The molecule has 100 valence electrons. The van der Waals surface area contributed by atoms with Crippen LogP contribution in [0.15, 0.2) is 29.0 Å². The fourth-order valence-corrected chi connectivity index (χ4v) is 2.52. The van der Waals surface area contributed by atoms with Crippen molar-refractivity contribution in [3.63, 3.8) is 0 Å². The van der Waals surface area contributed by atoms with Gasteiger partial charge in [-0.05, 0) is 47.0 Å². The maximum absolute atomic E-state index is 12.0. The zero-order valence-electron chi connectivity index (χ0n) is 10.8. The first-order chi connectivity index (χ1) is 9.11. The maximum atomic E-state index is 12.0. The molecule has 1 heterocycles. The van der Waals surface area contributed by atoms with Gasteiger partial charge in [-0.1, -0.05) is 0 Å². The highest BCUT2D eigenvalue weighted by atomic mass is 32.1. The molecule has 0 atom stereocenters. The molecule has 0 bridgehead atoms. The number of phenols is 1. The Morgan fingerprint density at radius 2 is 2.21 bits per heavy atom. The van der Waals surface area contributed by atoms with Crippen molar-refractivity contribution >= 4 is 17.2 Å². The summed E-state index contributed by atoms with van der Waals surface area (Å²) in [6.45, 7) is 2.45. The molecule has 4 nitrogen and oxygen atoms in total. The average Bonchev–Trinajstić information content (AvgIpc) is 2.82. The van der Waals surface area contributed by atoms with Crippen LogP contribution in [0.3, 0.4) is 0 Å². The first kappa shape index (κ1) is 13.4. The lowest BCUT2D eigenvalue weighted by Gasteiger charge is -2.08. The van der Waals surface area contributed by atoms with Crippen LogP contribution < -0.4 is 10.1 Å². The number of carbonyl (C=O) groups is 1. The standard InChI is InChI=1S/C14H15NO3S/c1-9-7-19-8-10(9)6-15-14(17)12-5-11(18-2)3-4-13(12)16/h3-5,7-8,16H,6H2,1-2H3,(H,15,17). The molecular formula is C14H15NO3S. The van der Waals surface area contributed by atoms with Gasteiger partial charge in [0.1, 0.15) is 11.5 Å². The number of aromatic hydroxyl groups is 1. The Morgan fingerprint density at radius 1 is 1.42 bits per heavy atom. The number of hydrogen-bond acceptors (Lipinski definition) is 4. The van der Waals surface area contributed by atoms with Crippen molar-refractivity contribution in [1.29, 1.82) is 0 Å². The van der Waals surface area contributed by atoms with E-state index in [1.54, 1.807) is 17.4 Å². The van der Waals surface area contributed by atoms with Crippen LogP contribution in [0, 0.1) is 6.92 Å². The van der Waals surface area contributed by atoms with E-state index in [2.05, 4.69) is 5.32 Å². The molecule has 1 aromatic carbocycles. The SMILES string of the molecule is COc1ccc(O)c(C(=O)NCc2cscc2C)c1. The van der Waals surface area contributed by atoms with Gasteiger partial charge in [-0.15, -0.1) is 0 Å². The van der Waals surface area contributed by atoms with Gasteiger partial charge in [0.25, 0.3) is 5.91 Å².